The van der Waals surface area contributed by atoms with Crippen molar-refractivity contribution in [2.75, 3.05) is 19.6 Å². The zero-order chi connectivity index (χ0) is 22.6. The van der Waals surface area contributed by atoms with Crippen molar-refractivity contribution in [3.63, 3.8) is 0 Å². The maximum absolute atomic E-state index is 13.4. The molecule has 6 rings (SSSR count). The van der Waals surface area contributed by atoms with Gasteiger partial charge < -0.3 is 20.6 Å². The Morgan fingerprint density at radius 1 is 0.818 bits per heavy atom. The Balaban J connectivity index is 1.18. The summed E-state index contributed by atoms with van der Waals surface area (Å²) in [6.45, 7) is 1.49. The summed E-state index contributed by atoms with van der Waals surface area (Å²) >= 11 is 0. The summed E-state index contributed by atoms with van der Waals surface area (Å²) in [5.41, 5.74) is -0.0962. The summed E-state index contributed by atoms with van der Waals surface area (Å²) in [6.07, 6.45) is 17.5. The number of aliphatic carboxylic acids is 1. The molecule has 0 aromatic rings. The van der Waals surface area contributed by atoms with E-state index in [1.165, 1.54) is 70.6 Å². The normalized spacial score (nSPS) is 47.0. The molecule has 6 fully saturated rings. The van der Waals surface area contributed by atoms with E-state index in [2.05, 4.69) is 10.6 Å². The molecule has 0 aromatic heterocycles. The van der Waals surface area contributed by atoms with Gasteiger partial charge in [0.2, 0.25) is 0 Å². The van der Waals surface area contributed by atoms with Gasteiger partial charge in [0.1, 0.15) is 6.04 Å². The fourth-order valence-electron chi connectivity index (χ4n) is 10.0. The van der Waals surface area contributed by atoms with Crippen LogP contribution in [0.4, 0.5) is 4.79 Å². The molecule has 2 amide bonds. The Morgan fingerprint density at radius 3 is 2.45 bits per heavy atom. The smallest absolute Gasteiger partial charge is 0.327 e. The minimum Gasteiger partial charge on any atom is -0.480 e. The van der Waals surface area contributed by atoms with Crippen LogP contribution >= 0.6 is 0 Å². The number of nitrogens with zero attached hydrogens (tertiary/aromatic N) is 1. The van der Waals surface area contributed by atoms with Gasteiger partial charge in [-0.05, 0) is 99.2 Å². The molecule has 6 heteroatoms. The summed E-state index contributed by atoms with van der Waals surface area (Å²) in [7, 11) is 0. The van der Waals surface area contributed by atoms with E-state index >= 15 is 0 Å². The third-order valence-corrected chi connectivity index (χ3v) is 11.3. The number of carboxylic acid groups (broad SMARTS) is 1. The molecule has 0 aromatic carbocycles. The number of carbonyl (C=O) groups is 2. The van der Waals surface area contributed by atoms with Crippen molar-refractivity contribution >= 4 is 12.0 Å². The van der Waals surface area contributed by atoms with Crippen LogP contribution in [-0.2, 0) is 4.79 Å². The van der Waals surface area contributed by atoms with Crippen LogP contribution in [0.25, 0.3) is 0 Å². The lowest BCUT2D eigenvalue weighted by atomic mass is 9.48. The molecule has 1 saturated heterocycles. The number of hydrogen-bond donors (Lipinski definition) is 3. The number of fused-ring (bicyclic) bond motifs is 7. The Hall–Kier alpha value is -1.30. The Labute approximate surface area is 198 Å². The number of urea groups is 1. The Bertz CT molecular complexity index is 774. The van der Waals surface area contributed by atoms with Gasteiger partial charge in [-0.1, -0.05) is 25.7 Å². The first-order valence-corrected chi connectivity index (χ1v) is 14.1. The number of hydrogen-bond acceptors (Lipinski definition) is 3. The van der Waals surface area contributed by atoms with Crippen LogP contribution in [0.15, 0.2) is 0 Å². The van der Waals surface area contributed by atoms with E-state index in [0.717, 1.165) is 48.3 Å². The number of amides is 2. The number of carboxylic acids is 1. The van der Waals surface area contributed by atoms with Crippen LogP contribution < -0.4 is 10.6 Å². The fraction of sp³-hybridized carbons (Fsp3) is 0.926. The van der Waals surface area contributed by atoms with Gasteiger partial charge in [0.15, 0.2) is 0 Å². The van der Waals surface area contributed by atoms with E-state index in [1.54, 1.807) is 4.90 Å². The number of nitrogens with one attached hydrogen (secondary N) is 2. The lowest BCUT2D eigenvalue weighted by Gasteiger charge is -2.58. The molecule has 1 aliphatic heterocycles. The van der Waals surface area contributed by atoms with E-state index in [1.807, 2.05) is 0 Å². The van der Waals surface area contributed by atoms with Crippen LogP contribution in [0, 0.1) is 41.4 Å². The van der Waals surface area contributed by atoms with Gasteiger partial charge in [-0.15, -0.1) is 0 Å². The van der Waals surface area contributed by atoms with Crippen molar-refractivity contribution in [1.82, 2.24) is 15.5 Å². The fourth-order valence-corrected chi connectivity index (χ4v) is 10.0. The molecular formula is C27H43N3O3. The predicted octanol–water partition coefficient (Wildman–Crippen LogP) is 4.25. The predicted molar refractivity (Wildman–Crippen MR) is 127 cm³/mol. The van der Waals surface area contributed by atoms with Gasteiger partial charge in [0.05, 0.1) is 0 Å². The molecule has 9 unspecified atom stereocenters. The molecular weight excluding hydrogens is 414 g/mol. The van der Waals surface area contributed by atoms with Crippen molar-refractivity contribution in [2.45, 2.75) is 95.1 Å². The average molecular weight is 458 g/mol. The van der Waals surface area contributed by atoms with Crippen molar-refractivity contribution < 1.29 is 14.7 Å². The molecule has 1 heterocycles. The van der Waals surface area contributed by atoms with Crippen molar-refractivity contribution in [3.8, 4) is 0 Å². The van der Waals surface area contributed by atoms with Crippen LogP contribution in [0.5, 0.6) is 0 Å². The zero-order valence-corrected chi connectivity index (χ0v) is 20.1. The highest BCUT2D eigenvalue weighted by Gasteiger charge is 2.57. The van der Waals surface area contributed by atoms with Crippen LogP contribution in [-0.4, -0.2) is 53.2 Å². The summed E-state index contributed by atoms with van der Waals surface area (Å²) in [5, 5.41) is 16.3. The maximum atomic E-state index is 13.4. The molecule has 184 valence electrons. The summed E-state index contributed by atoms with van der Waals surface area (Å²) in [5.74, 6) is 5.26. The van der Waals surface area contributed by atoms with Crippen molar-refractivity contribution in [2.24, 2.45) is 41.4 Å². The third kappa shape index (κ3) is 3.70. The summed E-state index contributed by atoms with van der Waals surface area (Å²) < 4.78 is 0. The maximum Gasteiger partial charge on any atom is 0.327 e. The molecule has 0 spiro atoms. The van der Waals surface area contributed by atoms with E-state index in [4.69, 9.17) is 0 Å². The Morgan fingerprint density at radius 2 is 1.58 bits per heavy atom. The molecule has 5 aliphatic carbocycles. The highest BCUT2D eigenvalue weighted by molar-refractivity contribution is 5.83. The topological polar surface area (TPSA) is 81.7 Å². The Kier molecular flexibility index (Phi) is 5.87. The monoisotopic (exact) mass is 457 g/mol. The first-order chi connectivity index (χ1) is 16.1. The van der Waals surface area contributed by atoms with Crippen molar-refractivity contribution in [3.05, 3.63) is 0 Å². The number of rotatable bonds is 2. The van der Waals surface area contributed by atoms with Crippen LogP contribution in [0.3, 0.4) is 0 Å². The summed E-state index contributed by atoms with van der Waals surface area (Å²) in [6, 6.07) is -0.891. The van der Waals surface area contributed by atoms with Crippen LogP contribution in [0.2, 0.25) is 0 Å². The molecule has 6 aliphatic rings. The highest BCUT2D eigenvalue weighted by atomic mass is 16.4. The molecule has 5 saturated carbocycles. The third-order valence-electron chi connectivity index (χ3n) is 11.3. The molecule has 0 radical (unpaired) electrons. The molecule has 0 bridgehead atoms. The van der Waals surface area contributed by atoms with Gasteiger partial charge >= 0.3 is 12.0 Å². The first kappa shape index (κ1) is 22.2. The minimum atomic E-state index is -0.904. The quantitative estimate of drug-likeness (QED) is 0.579. The van der Waals surface area contributed by atoms with Gasteiger partial charge in [-0.2, -0.15) is 0 Å². The van der Waals surface area contributed by atoms with Crippen molar-refractivity contribution in [1.29, 1.82) is 0 Å². The molecule has 3 N–H and O–H groups in total. The van der Waals surface area contributed by atoms with E-state index in [0.29, 0.717) is 25.6 Å². The lowest BCUT2D eigenvalue weighted by molar-refractivity contribution is -0.142. The molecule has 9 atom stereocenters. The SMILES string of the molecule is O=C(O)C1CNCCN1C(=O)NC12CCCC1C1CCC3C4CCCCC4CCC3C1CC2. The van der Waals surface area contributed by atoms with E-state index < -0.39 is 12.0 Å². The average Bonchev–Trinajstić information content (AvgIpc) is 3.27. The molecule has 6 nitrogen and oxygen atoms in total. The lowest BCUT2D eigenvalue weighted by Crippen LogP contribution is -2.65. The van der Waals surface area contributed by atoms with E-state index in [-0.39, 0.29) is 11.6 Å². The van der Waals surface area contributed by atoms with Gasteiger partial charge in [0, 0.05) is 25.2 Å². The molecule has 33 heavy (non-hydrogen) atoms. The second-order valence-electron chi connectivity index (χ2n) is 12.4. The standard InChI is InChI=1S/C27H43N3O3/c31-25(32)24-16-28-14-15-30(24)26(33)29-27-12-3-6-23(27)22-10-9-19-18-5-2-1-4-17(18)7-8-20(19)21(22)11-13-27/h17-24,28H,1-16H2,(H,29,33)(H,31,32). The van der Waals surface area contributed by atoms with Gasteiger partial charge in [-0.25, -0.2) is 9.59 Å². The van der Waals surface area contributed by atoms with Gasteiger partial charge in [0.25, 0.3) is 0 Å². The number of carbonyl (C=O) groups excluding carboxylic acids is 1. The largest absolute Gasteiger partial charge is 0.480 e. The van der Waals surface area contributed by atoms with Crippen LogP contribution in [0.1, 0.15) is 83.5 Å². The second kappa shape index (κ2) is 8.73. The highest BCUT2D eigenvalue weighted by Crippen LogP contribution is 2.62. The second-order valence-corrected chi connectivity index (χ2v) is 12.4. The number of piperazine rings is 1. The van der Waals surface area contributed by atoms with E-state index in [9.17, 15) is 14.7 Å². The van der Waals surface area contributed by atoms with Gasteiger partial charge in [-0.3, -0.25) is 0 Å². The summed E-state index contributed by atoms with van der Waals surface area (Å²) in [4.78, 5) is 26.7. The first-order valence-electron chi connectivity index (χ1n) is 14.1. The minimum absolute atomic E-state index is 0.0962. The zero-order valence-electron chi connectivity index (χ0n) is 20.1.